The second kappa shape index (κ2) is 5.96. The molecule has 0 fully saturated rings. The molecule has 0 amide bonds. The first-order valence-electron chi connectivity index (χ1n) is 6.17. The molecule has 0 aliphatic heterocycles. The Morgan fingerprint density at radius 3 is 2.95 bits per heavy atom. The van der Waals surface area contributed by atoms with Crippen molar-refractivity contribution in [2.24, 2.45) is 0 Å². The van der Waals surface area contributed by atoms with Crippen LogP contribution in [0.2, 0.25) is 0 Å². The maximum atomic E-state index is 9.14. The van der Waals surface area contributed by atoms with Crippen LogP contribution in [0.15, 0.2) is 18.5 Å². The average Bonchev–Trinajstić information content (AvgIpc) is 2.87. The summed E-state index contributed by atoms with van der Waals surface area (Å²) < 4.78 is 1.79. The van der Waals surface area contributed by atoms with Crippen LogP contribution in [0.3, 0.4) is 0 Å². The molecule has 0 saturated carbocycles. The van der Waals surface area contributed by atoms with Crippen molar-refractivity contribution in [1.82, 2.24) is 20.0 Å². The Bertz CT molecular complexity index is 582. The van der Waals surface area contributed by atoms with Crippen LogP contribution in [0.4, 0.5) is 5.69 Å². The van der Waals surface area contributed by atoms with Crippen LogP contribution in [-0.4, -0.2) is 26.5 Å². The van der Waals surface area contributed by atoms with Gasteiger partial charge in [0.15, 0.2) is 0 Å². The molecular weight excluding hydrogens is 240 g/mol. The van der Waals surface area contributed by atoms with Crippen LogP contribution in [0.25, 0.3) is 0 Å². The zero-order valence-electron chi connectivity index (χ0n) is 11.1. The highest BCUT2D eigenvalue weighted by Crippen LogP contribution is 2.18. The summed E-state index contributed by atoms with van der Waals surface area (Å²) in [6, 6.07) is 4.10. The summed E-state index contributed by atoms with van der Waals surface area (Å²) in [5.41, 5.74) is 3.15. The highest BCUT2D eigenvalue weighted by Gasteiger charge is 2.07. The number of nitrogens with one attached hydrogen (secondary N) is 1. The predicted molar refractivity (Wildman–Crippen MR) is 71.6 cm³/mol. The zero-order chi connectivity index (χ0) is 13.7. The first-order chi connectivity index (χ1) is 9.20. The number of rotatable bonds is 5. The number of nitrogens with zero attached hydrogens (tertiary/aromatic N) is 5. The van der Waals surface area contributed by atoms with Crippen LogP contribution in [0.5, 0.6) is 0 Å². The van der Waals surface area contributed by atoms with Crippen molar-refractivity contribution in [3.8, 4) is 6.07 Å². The average molecular weight is 256 g/mol. The molecule has 0 aromatic carbocycles. The van der Waals surface area contributed by atoms with Crippen LogP contribution < -0.4 is 5.32 Å². The standard InChI is InChI=1S/C13H16N6/c1-10-8-13(12(9-14)11(2)17-10)15-4-3-6-19-7-5-16-18-19/h5,7-8H,3-4,6H2,1-2H3,(H,15,17). The molecule has 98 valence electrons. The van der Waals surface area contributed by atoms with E-state index in [9.17, 15) is 0 Å². The zero-order valence-corrected chi connectivity index (χ0v) is 11.1. The van der Waals surface area contributed by atoms with E-state index in [-0.39, 0.29) is 0 Å². The molecule has 2 aromatic heterocycles. The van der Waals surface area contributed by atoms with Crippen LogP contribution in [-0.2, 0) is 6.54 Å². The van der Waals surface area contributed by atoms with E-state index in [1.807, 2.05) is 26.1 Å². The van der Waals surface area contributed by atoms with Gasteiger partial charge in [-0.05, 0) is 26.3 Å². The number of aryl methyl sites for hydroxylation is 3. The molecule has 0 atom stereocenters. The predicted octanol–water partition coefficient (Wildman–Crippen LogP) is 1.66. The van der Waals surface area contributed by atoms with Crippen molar-refractivity contribution in [3.63, 3.8) is 0 Å². The first kappa shape index (κ1) is 13.0. The summed E-state index contributed by atoms with van der Waals surface area (Å²) in [6.45, 7) is 5.36. The van der Waals surface area contributed by atoms with Gasteiger partial charge in [-0.15, -0.1) is 5.10 Å². The fraction of sp³-hybridized carbons (Fsp3) is 0.385. The monoisotopic (exact) mass is 256 g/mol. The van der Waals surface area contributed by atoms with Crippen molar-refractivity contribution >= 4 is 5.69 Å². The molecule has 0 aliphatic rings. The number of hydrogen-bond donors (Lipinski definition) is 1. The van der Waals surface area contributed by atoms with Gasteiger partial charge < -0.3 is 5.32 Å². The molecule has 6 heteroatoms. The molecule has 0 spiro atoms. The topological polar surface area (TPSA) is 79.4 Å². The SMILES string of the molecule is Cc1cc(NCCCn2ccnn2)c(C#N)c(C)n1. The fourth-order valence-electron chi connectivity index (χ4n) is 1.93. The van der Waals surface area contributed by atoms with Crippen molar-refractivity contribution in [2.75, 3.05) is 11.9 Å². The van der Waals surface area contributed by atoms with Crippen molar-refractivity contribution < 1.29 is 0 Å². The van der Waals surface area contributed by atoms with Crippen LogP contribution >= 0.6 is 0 Å². The van der Waals surface area contributed by atoms with Gasteiger partial charge in [0.25, 0.3) is 0 Å². The number of anilines is 1. The van der Waals surface area contributed by atoms with E-state index in [0.29, 0.717) is 5.56 Å². The van der Waals surface area contributed by atoms with Crippen LogP contribution in [0, 0.1) is 25.2 Å². The van der Waals surface area contributed by atoms with Gasteiger partial charge in [-0.25, -0.2) is 0 Å². The Kier molecular flexibility index (Phi) is 4.08. The molecule has 19 heavy (non-hydrogen) atoms. The first-order valence-corrected chi connectivity index (χ1v) is 6.17. The summed E-state index contributed by atoms with van der Waals surface area (Å²) in [6.07, 6.45) is 4.41. The number of pyridine rings is 1. The van der Waals surface area contributed by atoms with Crippen molar-refractivity contribution in [1.29, 1.82) is 5.26 Å². The van der Waals surface area contributed by atoms with Gasteiger partial charge in [0.2, 0.25) is 0 Å². The second-order valence-electron chi connectivity index (χ2n) is 4.33. The maximum absolute atomic E-state index is 9.14. The minimum atomic E-state index is 0.617. The summed E-state index contributed by atoms with van der Waals surface area (Å²) in [4.78, 5) is 4.29. The van der Waals surface area contributed by atoms with Gasteiger partial charge in [0.05, 0.1) is 23.1 Å². The Hall–Kier alpha value is -2.42. The van der Waals surface area contributed by atoms with Gasteiger partial charge in [-0.1, -0.05) is 5.21 Å². The van der Waals surface area contributed by atoms with Gasteiger partial charge >= 0.3 is 0 Å². The summed E-state index contributed by atoms with van der Waals surface area (Å²) in [7, 11) is 0. The van der Waals surface area contributed by atoms with E-state index < -0.39 is 0 Å². The van der Waals surface area contributed by atoms with Gasteiger partial charge in [0.1, 0.15) is 6.07 Å². The molecule has 0 saturated heterocycles. The minimum Gasteiger partial charge on any atom is -0.384 e. The molecule has 6 nitrogen and oxygen atoms in total. The lowest BCUT2D eigenvalue weighted by Crippen LogP contribution is -2.09. The largest absolute Gasteiger partial charge is 0.384 e. The smallest absolute Gasteiger partial charge is 0.103 e. The molecule has 2 heterocycles. The summed E-state index contributed by atoms with van der Waals surface area (Å²) >= 11 is 0. The van der Waals surface area contributed by atoms with E-state index in [4.69, 9.17) is 5.26 Å². The fourth-order valence-corrected chi connectivity index (χ4v) is 1.93. The minimum absolute atomic E-state index is 0.617. The maximum Gasteiger partial charge on any atom is 0.103 e. The quantitative estimate of drug-likeness (QED) is 0.823. The highest BCUT2D eigenvalue weighted by molar-refractivity contribution is 5.59. The number of hydrogen-bond acceptors (Lipinski definition) is 5. The van der Waals surface area contributed by atoms with E-state index in [1.165, 1.54) is 0 Å². The molecular formula is C13H16N6. The van der Waals surface area contributed by atoms with Gasteiger partial charge in [0, 0.05) is 25.0 Å². The Balaban J connectivity index is 1.94. The molecule has 2 rings (SSSR count). The second-order valence-corrected chi connectivity index (χ2v) is 4.33. The molecule has 0 radical (unpaired) electrons. The summed E-state index contributed by atoms with van der Waals surface area (Å²) in [5.74, 6) is 0. The Morgan fingerprint density at radius 1 is 1.42 bits per heavy atom. The third-order valence-electron chi connectivity index (χ3n) is 2.79. The van der Waals surface area contributed by atoms with Gasteiger partial charge in [-0.2, -0.15) is 5.26 Å². The van der Waals surface area contributed by atoms with E-state index in [2.05, 4.69) is 26.7 Å². The van der Waals surface area contributed by atoms with E-state index in [1.54, 1.807) is 10.9 Å². The summed E-state index contributed by atoms with van der Waals surface area (Å²) in [5, 5.41) is 20.1. The lowest BCUT2D eigenvalue weighted by Gasteiger charge is -2.10. The van der Waals surface area contributed by atoms with Crippen molar-refractivity contribution in [3.05, 3.63) is 35.4 Å². The normalized spacial score (nSPS) is 10.2. The lowest BCUT2D eigenvalue weighted by molar-refractivity contribution is 0.570. The van der Waals surface area contributed by atoms with Crippen LogP contribution in [0.1, 0.15) is 23.4 Å². The number of aromatic nitrogens is 4. The Labute approximate surface area is 112 Å². The van der Waals surface area contributed by atoms with Crippen molar-refractivity contribution in [2.45, 2.75) is 26.8 Å². The molecule has 0 aliphatic carbocycles. The molecule has 2 aromatic rings. The third-order valence-corrected chi connectivity index (χ3v) is 2.79. The van der Waals surface area contributed by atoms with E-state index >= 15 is 0 Å². The third kappa shape index (κ3) is 3.28. The molecule has 0 bridgehead atoms. The molecule has 0 unspecified atom stereocenters. The lowest BCUT2D eigenvalue weighted by atomic mass is 10.1. The highest BCUT2D eigenvalue weighted by atomic mass is 15.4. The Morgan fingerprint density at radius 2 is 2.26 bits per heavy atom. The molecule has 1 N–H and O–H groups in total. The van der Waals surface area contributed by atoms with E-state index in [0.717, 1.165) is 36.6 Å². The number of nitriles is 1. The van der Waals surface area contributed by atoms with Gasteiger partial charge in [-0.3, -0.25) is 9.67 Å².